The molecule has 0 radical (unpaired) electrons. The Labute approximate surface area is 159 Å². The van der Waals surface area contributed by atoms with Crippen LogP contribution in [-0.2, 0) is 6.42 Å². The molecule has 0 spiro atoms. The summed E-state index contributed by atoms with van der Waals surface area (Å²) in [5, 5.41) is 5.90. The Hall–Kier alpha value is -3.06. The van der Waals surface area contributed by atoms with Crippen LogP contribution in [0.1, 0.15) is 15.9 Å². The highest BCUT2D eigenvalue weighted by atomic mass is 35.5. The predicted octanol–water partition coefficient (Wildman–Crippen LogP) is 4.32. The number of nitrogens with one attached hydrogen (secondary N) is 2. The van der Waals surface area contributed by atoms with Crippen LogP contribution in [0, 0.1) is 11.6 Å². The lowest BCUT2D eigenvalue weighted by atomic mass is 10.1. The second kappa shape index (κ2) is 8.55. The molecular weight excluding hydrogens is 374 g/mol. The number of halogens is 3. The molecule has 0 atom stereocenters. The zero-order chi connectivity index (χ0) is 19.2. The first kappa shape index (κ1) is 18.7. The number of rotatable bonds is 6. The van der Waals surface area contributed by atoms with Gasteiger partial charge < -0.3 is 10.6 Å². The molecule has 0 aliphatic rings. The van der Waals surface area contributed by atoms with Crippen LogP contribution in [0.25, 0.3) is 0 Å². The average molecular weight is 389 g/mol. The third-order valence-electron chi connectivity index (χ3n) is 3.73. The summed E-state index contributed by atoms with van der Waals surface area (Å²) in [5.74, 6) is -2.07. The van der Waals surface area contributed by atoms with Gasteiger partial charge in [0, 0.05) is 24.0 Å². The molecule has 3 aromatic rings. The van der Waals surface area contributed by atoms with Crippen molar-refractivity contribution in [3.8, 4) is 0 Å². The van der Waals surface area contributed by atoms with Crippen LogP contribution >= 0.6 is 11.6 Å². The molecule has 0 unspecified atom stereocenters. The Balaban J connectivity index is 1.56. The lowest BCUT2D eigenvalue weighted by Gasteiger charge is -2.08. The molecule has 0 aliphatic heterocycles. The Morgan fingerprint density at radius 3 is 2.26 bits per heavy atom. The van der Waals surface area contributed by atoms with Gasteiger partial charge in [-0.3, -0.25) is 4.79 Å². The number of nitrogens with zero attached hydrogens (tertiary/aromatic N) is 2. The zero-order valence-electron chi connectivity index (χ0n) is 14.0. The molecular formula is C19H15ClF2N4O. The quantitative estimate of drug-likeness (QED) is 0.660. The van der Waals surface area contributed by atoms with Crippen molar-refractivity contribution in [3.05, 3.63) is 82.6 Å². The van der Waals surface area contributed by atoms with Gasteiger partial charge in [0.2, 0.25) is 5.95 Å². The fourth-order valence-electron chi connectivity index (χ4n) is 2.31. The summed E-state index contributed by atoms with van der Waals surface area (Å²) < 4.78 is 27.2. The number of hydrogen-bond donors (Lipinski definition) is 2. The van der Waals surface area contributed by atoms with Crippen molar-refractivity contribution in [3.63, 3.8) is 0 Å². The van der Waals surface area contributed by atoms with Crippen LogP contribution in [0.3, 0.4) is 0 Å². The van der Waals surface area contributed by atoms with Crippen LogP contribution in [0.2, 0.25) is 5.02 Å². The first-order valence-corrected chi connectivity index (χ1v) is 8.46. The normalized spacial score (nSPS) is 10.5. The van der Waals surface area contributed by atoms with E-state index < -0.39 is 23.2 Å². The number of aromatic nitrogens is 2. The molecule has 0 saturated heterocycles. The van der Waals surface area contributed by atoms with E-state index in [0.29, 0.717) is 17.5 Å². The van der Waals surface area contributed by atoms with Gasteiger partial charge in [-0.05, 0) is 36.2 Å². The van der Waals surface area contributed by atoms with Gasteiger partial charge in [-0.2, -0.15) is 0 Å². The molecule has 8 heteroatoms. The molecule has 2 aromatic carbocycles. The molecule has 0 bridgehead atoms. The molecule has 0 saturated carbocycles. The summed E-state index contributed by atoms with van der Waals surface area (Å²) in [6.07, 6.45) is 3.31. The van der Waals surface area contributed by atoms with E-state index in [4.69, 9.17) is 11.6 Å². The van der Waals surface area contributed by atoms with Crippen molar-refractivity contribution >= 4 is 29.1 Å². The van der Waals surface area contributed by atoms with E-state index >= 15 is 0 Å². The van der Waals surface area contributed by atoms with Crippen molar-refractivity contribution in [2.75, 3.05) is 17.2 Å². The lowest BCUT2D eigenvalue weighted by Crippen LogP contribution is -2.16. The topological polar surface area (TPSA) is 66.9 Å². The Morgan fingerprint density at radius 2 is 1.63 bits per heavy atom. The minimum absolute atomic E-state index is 0.0842. The maximum absolute atomic E-state index is 13.6. The van der Waals surface area contributed by atoms with Crippen LogP contribution < -0.4 is 10.6 Å². The van der Waals surface area contributed by atoms with Gasteiger partial charge in [0.15, 0.2) is 0 Å². The van der Waals surface area contributed by atoms with Gasteiger partial charge in [0.05, 0.1) is 5.56 Å². The molecule has 1 heterocycles. The average Bonchev–Trinajstić information content (AvgIpc) is 2.67. The fourth-order valence-corrected chi connectivity index (χ4v) is 2.44. The molecule has 1 aromatic heterocycles. The Bertz CT molecular complexity index is 913. The summed E-state index contributed by atoms with van der Waals surface area (Å²) in [5.41, 5.74) is 0.684. The number of carbonyl (C=O) groups excluding carboxylic acids is 1. The molecule has 0 aliphatic carbocycles. The van der Waals surface area contributed by atoms with Gasteiger partial charge in [-0.1, -0.05) is 29.8 Å². The first-order chi connectivity index (χ1) is 13.0. The Morgan fingerprint density at radius 1 is 1.00 bits per heavy atom. The van der Waals surface area contributed by atoms with Crippen molar-refractivity contribution in [2.24, 2.45) is 0 Å². The second-order valence-electron chi connectivity index (χ2n) is 5.65. The van der Waals surface area contributed by atoms with Gasteiger partial charge in [0.1, 0.15) is 17.3 Å². The summed E-state index contributed by atoms with van der Waals surface area (Å²) in [7, 11) is 0. The summed E-state index contributed by atoms with van der Waals surface area (Å²) in [4.78, 5) is 20.2. The number of benzene rings is 2. The third kappa shape index (κ3) is 4.98. The van der Waals surface area contributed by atoms with Gasteiger partial charge in [-0.15, -0.1) is 0 Å². The zero-order valence-corrected chi connectivity index (χ0v) is 14.8. The Kier molecular flexibility index (Phi) is 5.93. The molecule has 3 rings (SSSR count). The van der Waals surface area contributed by atoms with E-state index in [1.54, 1.807) is 0 Å². The SMILES string of the molecule is O=C(Nc1c(F)cccc1F)c1cnc(NCCc2ccc(Cl)cc2)nc1. The number of amides is 1. The van der Waals surface area contributed by atoms with Crippen molar-refractivity contribution in [1.29, 1.82) is 0 Å². The number of para-hydroxylation sites is 1. The van der Waals surface area contributed by atoms with Crippen molar-refractivity contribution in [2.45, 2.75) is 6.42 Å². The van der Waals surface area contributed by atoms with Gasteiger partial charge >= 0.3 is 0 Å². The van der Waals surface area contributed by atoms with Crippen molar-refractivity contribution < 1.29 is 13.6 Å². The van der Waals surface area contributed by atoms with Gasteiger partial charge in [0.25, 0.3) is 5.91 Å². The monoisotopic (exact) mass is 388 g/mol. The van der Waals surface area contributed by atoms with Crippen molar-refractivity contribution in [1.82, 2.24) is 9.97 Å². The first-order valence-electron chi connectivity index (χ1n) is 8.08. The van der Waals surface area contributed by atoms with E-state index in [-0.39, 0.29) is 5.56 Å². The molecule has 1 amide bonds. The van der Waals surface area contributed by atoms with E-state index in [1.165, 1.54) is 18.5 Å². The second-order valence-corrected chi connectivity index (χ2v) is 6.09. The number of hydrogen-bond acceptors (Lipinski definition) is 4. The standard InChI is InChI=1S/C19H15ClF2N4O/c20-14-6-4-12(5-7-14)8-9-23-19-24-10-13(11-25-19)18(27)26-17-15(21)2-1-3-16(17)22/h1-7,10-11H,8-9H2,(H,26,27)(H,23,24,25). The summed E-state index contributed by atoms with van der Waals surface area (Å²) in [6, 6.07) is 10.8. The minimum atomic E-state index is -0.857. The van der Waals surface area contributed by atoms with Crippen LogP contribution in [0.15, 0.2) is 54.9 Å². The maximum Gasteiger partial charge on any atom is 0.258 e. The van der Waals surface area contributed by atoms with E-state index in [1.807, 2.05) is 24.3 Å². The fraction of sp³-hybridized carbons (Fsp3) is 0.105. The highest BCUT2D eigenvalue weighted by molar-refractivity contribution is 6.30. The maximum atomic E-state index is 13.6. The molecule has 2 N–H and O–H groups in total. The van der Waals surface area contributed by atoms with E-state index in [9.17, 15) is 13.6 Å². The summed E-state index contributed by atoms with van der Waals surface area (Å²) in [6.45, 7) is 0.591. The van der Waals surface area contributed by atoms with E-state index in [2.05, 4.69) is 20.6 Å². The van der Waals surface area contributed by atoms with E-state index in [0.717, 1.165) is 24.1 Å². The third-order valence-corrected chi connectivity index (χ3v) is 3.98. The highest BCUT2D eigenvalue weighted by Gasteiger charge is 2.14. The van der Waals surface area contributed by atoms with Crippen LogP contribution in [-0.4, -0.2) is 22.4 Å². The molecule has 138 valence electrons. The highest BCUT2D eigenvalue weighted by Crippen LogP contribution is 2.18. The molecule has 27 heavy (non-hydrogen) atoms. The minimum Gasteiger partial charge on any atom is -0.354 e. The van der Waals surface area contributed by atoms with Gasteiger partial charge in [-0.25, -0.2) is 18.7 Å². The van der Waals surface area contributed by atoms with Crippen LogP contribution in [0.4, 0.5) is 20.4 Å². The summed E-state index contributed by atoms with van der Waals surface area (Å²) >= 11 is 5.84. The smallest absolute Gasteiger partial charge is 0.258 e. The lowest BCUT2D eigenvalue weighted by molar-refractivity contribution is 0.102. The van der Waals surface area contributed by atoms with Crippen LogP contribution in [0.5, 0.6) is 0 Å². The number of carbonyl (C=O) groups is 1. The molecule has 5 nitrogen and oxygen atoms in total. The predicted molar refractivity (Wildman–Crippen MR) is 100.0 cm³/mol. The number of anilines is 2. The largest absolute Gasteiger partial charge is 0.354 e. The molecule has 0 fully saturated rings.